The smallest absolute Gasteiger partial charge is 0.221 e. The fourth-order valence-corrected chi connectivity index (χ4v) is 4.58. The summed E-state index contributed by atoms with van der Waals surface area (Å²) in [6.45, 7) is 3.99. The van der Waals surface area contributed by atoms with E-state index in [1.54, 1.807) is 11.8 Å². The van der Waals surface area contributed by atoms with E-state index < -0.39 is 0 Å². The van der Waals surface area contributed by atoms with Gasteiger partial charge in [0.15, 0.2) is 5.78 Å². The summed E-state index contributed by atoms with van der Waals surface area (Å²) in [7, 11) is 0. The summed E-state index contributed by atoms with van der Waals surface area (Å²) in [5.74, 6) is 0.196. The predicted molar refractivity (Wildman–Crippen MR) is 127 cm³/mol. The number of aromatic nitrogens is 1. The van der Waals surface area contributed by atoms with Crippen LogP contribution in [-0.4, -0.2) is 40.9 Å². The maximum Gasteiger partial charge on any atom is 0.221 e. The van der Waals surface area contributed by atoms with Crippen molar-refractivity contribution < 1.29 is 9.59 Å². The minimum absolute atomic E-state index is 0.0366. The third-order valence-corrected chi connectivity index (χ3v) is 6.45. The van der Waals surface area contributed by atoms with Crippen LogP contribution in [0.25, 0.3) is 10.9 Å². The molecule has 3 aromatic rings. The van der Waals surface area contributed by atoms with Gasteiger partial charge in [0, 0.05) is 47.5 Å². The second-order valence-electron chi connectivity index (χ2n) is 8.06. The molecule has 0 radical (unpaired) electrons. The molecule has 1 aliphatic heterocycles. The van der Waals surface area contributed by atoms with Crippen LogP contribution in [0.1, 0.15) is 35.8 Å². The molecule has 160 valence electrons. The molecule has 0 aliphatic carbocycles. The van der Waals surface area contributed by atoms with Crippen LogP contribution < -0.4 is 5.32 Å². The third kappa shape index (κ3) is 5.32. The predicted octanol–water partition coefficient (Wildman–Crippen LogP) is 5.01. The zero-order valence-corrected chi connectivity index (χ0v) is 18.7. The number of piperidine rings is 1. The summed E-state index contributed by atoms with van der Waals surface area (Å²) in [4.78, 5) is 32.6. The van der Waals surface area contributed by atoms with Crippen LogP contribution in [0, 0.1) is 5.92 Å². The van der Waals surface area contributed by atoms with E-state index >= 15 is 0 Å². The highest BCUT2D eigenvalue weighted by atomic mass is 32.2. The summed E-state index contributed by atoms with van der Waals surface area (Å²) >= 11 is 1.69. The number of Topliss-reactive ketones (excluding diaryl/α,β-unsaturated/α-hetero) is 1. The number of rotatable bonds is 6. The molecule has 6 heteroatoms. The Morgan fingerprint density at radius 3 is 2.68 bits per heavy atom. The Labute approximate surface area is 187 Å². The summed E-state index contributed by atoms with van der Waals surface area (Å²) in [6.07, 6.45) is 4.00. The summed E-state index contributed by atoms with van der Waals surface area (Å²) < 4.78 is 0. The van der Waals surface area contributed by atoms with Crippen LogP contribution in [0.4, 0.5) is 5.69 Å². The van der Waals surface area contributed by atoms with Gasteiger partial charge in [-0.1, -0.05) is 18.2 Å². The van der Waals surface area contributed by atoms with Crippen molar-refractivity contribution in [2.75, 3.05) is 24.7 Å². The number of nitrogens with zero attached hydrogens (tertiary/aromatic N) is 2. The number of pyridine rings is 1. The van der Waals surface area contributed by atoms with Crippen LogP contribution >= 0.6 is 11.8 Å². The SMILES string of the molecule is CSc1ccc(C(=O)[C@@H]2CCCN(Cc3ccc4cc(NC(C)=O)ccc4n3)C2)cc1. The van der Waals surface area contributed by atoms with Gasteiger partial charge < -0.3 is 5.32 Å². The molecule has 4 rings (SSSR count). The Hall–Kier alpha value is -2.70. The van der Waals surface area contributed by atoms with E-state index in [1.807, 2.05) is 60.9 Å². The Bertz CT molecular complexity index is 1100. The van der Waals surface area contributed by atoms with E-state index in [2.05, 4.69) is 10.2 Å². The van der Waals surface area contributed by atoms with Crippen molar-refractivity contribution in [2.24, 2.45) is 5.92 Å². The number of likely N-dealkylation sites (tertiary alicyclic amines) is 1. The number of ketones is 1. The Morgan fingerprint density at radius 1 is 1.13 bits per heavy atom. The lowest BCUT2D eigenvalue weighted by Gasteiger charge is -2.31. The van der Waals surface area contributed by atoms with E-state index in [9.17, 15) is 9.59 Å². The quantitative estimate of drug-likeness (QED) is 0.437. The van der Waals surface area contributed by atoms with E-state index in [1.165, 1.54) is 11.8 Å². The minimum atomic E-state index is -0.0849. The number of carbonyl (C=O) groups is 2. The number of amides is 1. The Balaban J connectivity index is 1.43. The van der Waals surface area contributed by atoms with Gasteiger partial charge in [-0.2, -0.15) is 0 Å². The number of hydrogen-bond donors (Lipinski definition) is 1. The molecule has 0 bridgehead atoms. The molecular weight excluding hydrogens is 406 g/mol. The van der Waals surface area contributed by atoms with Gasteiger partial charge in [-0.05, 0) is 62.0 Å². The number of thioether (sulfide) groups is 1. The lowest BCUT2D eigenvalue weighted by atomic mass is 9.90. The average Bonchev–Trinajstić information content (AvgIpc) is 2.78. The van der Waals surface area contributed by atoms with Crippen LogP contribution in [-0.2, 0) is 11.3 Å². The van der Waals surface area contributed by atoms with Gasteiger partial charge in [-0.3, -0.25) is 19.5 Å². The number of anilines is 1. The minimum Gasteiger partial charge on any atom is -0.326 e. The molecule has 0 saturated carbocycles. The maximum atomic E-state index is 13.0. The summed E-state index contributed by atoms with van der Waals surface area (Å²) in [6, 6.07) is 17.8. The van der Waals surface area contributed by atoms with Gasteiger partial charge >= 0.3 is 0 Å². The molecule has 1 saturated heterocycles. The number of carbonyl (C=O) groups excluding carboxylic acids is 2. The largest absolute Gasteiger partial charge is 0.326 e. The summed E-state index contributed by atoms with van der Waals surface area (Å²) in [5, 5.41) is 3.80. The van der Waals surface area contributed by atoms with Gasteiger partial charge in [-0.15, -0.1) is 11.8 Å². The van der Waals surface area contributed by atoms with Crippen LogP contribution in [0.15, 0.2) is 59.5 Å². The summed E-state index contributed by atoms with van der Waals surface area (Å²) in [5.41, 5.74) is 3.49. The molecule has 2 aromatic carbocycles. The highest BCUT2D eigenvalue weighted by Gasteiger charge is 2.26. The molecule has 5 nitrogen and oxygen atoms in total. The lowest BCUT2D eigenvalue weighted by Crippen LogP contribution is -2.38. The third-order valence-electron chi connectivity index (χ3n) is 5.70. The number of benzene rings is 2. The highest BCUT2D eigenvalue weighted by molar-refractivity contribution is 7.98. The standard InChI is InChI=1S/C25H27N3O2S/c1-17(29)26-21-9-12-24-19(14-21)5-8-22(27-24)16-28-13-3-4-20(15-28)25(30)18-6-10-23(31-2)11-7-18/h5-12,14,20H,3-4,13,15-16H2,1-2H3,(H,26,29)/t20-/m1/s1. The van der Waals surface area contributed by atoms with Crippen molar-refractivity contribution >= 4 is 40.0 Å². The van der Waals surface area contributed by atoms with Gasteiger partial charge in [0.05, 0.1) is 11.2 Å². The first kappa shape index (κ1) is 21.5. The van der Waals surface area contributed by atoms with E-state index in [4.69, 9.17) is 4.98 Å². The highest BCUT2D eigenvalue weighted by Crippen LogP contribution is 2.24. The molecule has 0 spiro atoms. The topological polar surface area (TPSA) is 62.3 Å². The number of fused-ring (bicyclic) bond motifs is 1. The molecule has 1 aromatic heterocycles. The molecule has 31 heavy (non-hydrogen) atoms. The zero-order chi connectivity index (χ0) is 21.8. The lowest BCUT2D eigenvalue weighted by molar-refractivity contribution is -0.114. The van der Waals surface area contributed by atoms with E-state index in [-0.39, 0.29) is 17.6 Å². The van der Waals surface area contributed by atoms with Crippen molar-refractivity contribution in [3.05, 3.63) is 65.9 Å². The molecule has 1 aliphatic rings. The van der Waals surface area contributed by atoms with Crippen LogP contribution in [0.2, 0.25) is 0 Å². The number of hydrogen-bond acceptors (Lipinski definition) is 5. The van der Waals surface area contributed by atoms with Gasteiger partial charge in [0.25, 0.3) is 0 Å². The zero-order valence-electron chi connectivity index (χ0n) is 17.9. The first-order chi connectivity index (χ1) is 15.0. The van der Waals surface area contributed by atoms with Crippen molar-refractivity contribution in [1.29, 1.82) is 0 Å². The average molecular weight is 434 g/mol. The Morgan fingerprint density at radius 2 is 1.94 bits per heavy atom. The second kappa shape index (κ2) is 9.62. The van der Waals surface area contributed by atoms with Crippen molar-refractivity contribution in [1.82, 2.24) is 9.88 Å². The maximum absolute atomic E-state index is 13.0. The molecule has 2 heterocycles. The van der Waals surface area contributed by atoms with E-state index in [0.29, 0.717) is 0 Å². The Kier molecular flexibility index (Phi) is 6.68. The molecule has 0 unspecified atom stereocenters. The van der Waals surface area contributed by atoms with Crippen molar-refractivity contribution in [2.45, 2.75) is 31.2 Å². The van der Waals surface area contributed by atoms with Gasteiger partial charge in [0.2, 0.25) is 5.91 Å². The molecule has 1 atom stereocenters. The normalized spacial score (nSPS) is 16.9. The van der Waals surface area contributed by atoms with E-state index in [0.717, 1.165) is 60.3 Å². The molecule has 1 N–H and O–H groups in total. The number of nitrogens with one attached hydrogen (secondary N) is 1. The molecular formula is C25H27N3O2S. The molecule has 1 amide bonds. The van der Waals surface area contributed by atoms with Gasteiger partial charge in [-0.25, -0.2) is 0 Å². The second-order valence-corrected chi connectivity index (χ2v) is 8.94. The van der Waals surface area contributed by atoms with Crippen molar-refractivity contribution in [3.8, 4) is 0 Å². The van der Waals surface area contributed by atoms with Gasteiger partial charge in [0.1, 0.15) is 0 Å². The first-order valence-electron chi connectivity index (χ1n) is 10.6. The fraction of sp³-hybridized carbons (Fsp3) is 0.320. The fourth-order valence-electron chi connectivity index (χ4n) is 4.17. The van der Waals surface area contributed by atoms with Crippen molar-refractivity contribution in [3.63, 3.8) is 0 Å². The van der Waals surface area contributed by atoms with Crippen LogP contribution in [0.5, 0.6) is 0 Å². The first-order valence-corrected chi connectivity index (χ1v) is 11.8. The monoisotopic (exact) mass is 433 g/mol. The molecule has 1 fully saturated rings. The van der Waals surface area contributed by atoms with Crippen LogP contribution in [0.3, 0.4) is 0 Å².